The van der Waals surface area contributed by atoms with Crippen LogP contribution in [-0.4, -0.2) is 37.0 Å². The van der Waals surface area contributed by atoms with Crippen LogP contribution >= 0.6 is 0 Å². The molecule has 3 unspecified atom stereocenters. The summed E-state index contributed by atoms with van der Waals surface area (Å²) in [6.45, 7) is 4.83. The summed E-state index contributed by atoms with van der Waals surface area (Å²) in [6, 6.07) is 4.62. The van der Waals surface area contributed by atoms with Crippen molar-refractivity contribution >= 4 is 5.78 Å². The van der Waals surface area contributed by atoms with Crippen molar-refractivity contribution in [2.75, 3.05) is 20.3 Å². The lowest BCUT2D eigenvalue weighted by Crippen LogP contribution is -2.48. The Hall–Kier alpha value is -1.81. The first-order valence-corrected chi connectivity index (χ1v) is 8.98. The molecule has 0 spiro atoms. The van der Waals surface area contributed by atoms with E-state index in [9.17, 15) is 4.79 Å². The second-order valence-electron chi connectivity index (χ2n) is 7.14. The Labute approximate surface area is 143 Å². The molecule has 3 atom stereocenters. The topological polar surface area (TPSA) is 38.8 Å². The van der Waals surface area contributed by atoms with E-state index >= 15 is 0 Å². The van der Waals surface area contributed by atoms with E-state index in [-0.39, 0.29) is 11.2 Å². The van der Waals surface area contributed by atoms with Gasteiger partial charge in [-0.05, 0) is 42.2 Å². The zero-order chi connectivity index (χ0) is 16.7. The Morgan fingerprint density at radius 1 is 1.33 bits per heavy atom. The monoisotopic (exact) mass is 327 g/mol. The van der Waals surface area contributed by atoms with Crippen LogP contribution in [0, 0.1) is 0 Å². The van der Waals surface area contributed by atoms with Crippen molar-refractivity contribution in [2.45, 2.75) is 50.6 Å². The van der Waals surface area contributed by atoms with Gasteiger partial charge in [0.25, 0.3) is 0 Å². The lowest BCUT2D eigenvalue weighted by atomic mass is 9.67. The van der Waals surface area contributed by atoms with Crippen molar-refractivity contribution in [1.29, 1.82) is 0 Å². The van der Waals surface area contributed by atoms with Crippen molar-refractivity contribution < 1.29 is 14.3 Å². The van der Waals surface area contributed by atoms with Crippen molar-refractivity contribution in [3.05, 3.63) is 35.4 Å². The van der Waals surface area contributed by atoms with Gasteiger partial charge >= 0.3 is 0 Å². The molecule has 4 heteroatoms. The first-order valence-electron chi connectivity index (χ1n) is 8.98. The summed E-state index contributed by atoms with van der Waals surface area (Å²) < 4.78 is 11.6. The fourth-order valence-corrected chi connectivity index (χ4v) is 4.56. The quantitative estimate of drug-likeness (QED) is 0.778. The van der Waals surface area contributed by atoms with Gasteiger partial charge in [-0.3, -0.25) is 9.69 Å². The fraction of sp³-hybridized carbons (Fsp3) is 0.550. The third kappa shape index (κ3) is 2.27. The Kier molecular flexibility index (Phi) is 3.87. The van der Waals surface area contributed by atoms with Crippen LogP contribution in [0.3, 0.4) is 0 Å². The molecule has 2 heterocycles. The molecule has 1 aromatic carbocycles. The van der Waals surface area contributed by atoms with E-state index < -0.39 is 0 Å². The highest BCUT2D eigenvalue weighted by Gasteiger charge is 2.53. The van der Waals surface area contributed by atoms with E-state index in [1.165, 1.54) is 11.1 Å². The molecular weight excluding hydrogens is 302 g/mol. The molecule has 0 N–H and O–H groups in total. The van der Waals surface area contributed by atoms with Gasteiger partial charge in [0, 0.05) is 31.0 Å². The van der Waals surface area contributed by atoms with Gasteiger partial charge in [0.2, 0.25) is 0 Å². The van der Waals surface area contributed by atoms with Gasteiger partial charge < -0.3 is 9.47 Å². The van der Waals surface area contributed by atoms with Gasteiger partial charge in [0.05, 0.1) is 13.7 Å². The number of fused-ring (bicyclic) bond motifs is 1. The average Bonchev–Trinajstić information content (AvgIpc) is 2.86. The third-order valence-corrected chi connectivity index (χ3v) is 5.83. The Bertz CT molecular complexity index is 696. The minimum atomic E-state index is -0.0310. The van der Waals surface area contributed by atoms with Crippen LogP contribution < -0.4 is 9.47 Å². The summed E-state index contributed by atoms with van der Waals surface area (Å²) in [5.74, 6) is 1.90. The predicted molar refractivity (Wildman–Crippen MR) is 92.7 cm³/mol. The van der Waals surface area contributed by atoms with E-state index in [2.05, 4.69) is 30.0 Å². The van der Waals surface area contributed by atoms with Crippen LogP contribution in [0.5, 0.6) is 11.5 Å². The standard InChI is InChI=1S/C20H25NO3/c1-3-4-9-24-18-10-14-13-21-8-7-20(16(14)12-17(18)23-2)6-5-15(22)11-19(20)21/h5-6,10,12,19H,3-4,7-9,11,13H2,1-2H3. The number of rotatable bonds is 5. The van der Waals surface area contributed by atoms with Gasteiger partial charge in [-0.2, -0.15) is 0 Å². The van der Waals surface area contributed by atoms with E-state index in [1.807, 2.05) is 0 Å². The SMILES string of the molecule is CCCCOc1cc2c(cc1OC)C13C=CC(=O)CC1N(CC3)C2. The second kappa shape index (κ2) is 5.92. The minimum absolute atomic E-state index is 0.0310. The van der Waals surface area contributed by atoms with Crippen LogP contribution in [-0.2, 0) is 16.8 Å². The normalized spacial score (nSPS) is 30.0. The first-order chi connectivity index (χ1) is 11.7. The average molecular weight is 327 g/mol. The number of benzene rings is 1. The lowest BCUT2D eigenvalue weighted by molar-refractivity contribution is -0.116. The highest BCUT2D eigenvalue weighted by atomic mass is 16.5. The molecule has 2 aliphatic heterocycles. The first kappa shape index (κ1) is 15.7. The van der Waals surface area contributed by atoms with Crippen LogP contribution in [0.25, 0.3) is 0 Å². The maximum atomic E-state index is 11.9. The summed E-state index contributed by atoms with van der Waals surface area (Å²) in [6.07, 6.45) is 7.81. The predicted octanol–water partition coefficient (Wildman–Crippen LogP) is 3.23. The number of carbonyl (C=O) groups excluding carboxylic acids is 1. The zero-order valence-electron chi connectivity index (χ0n) is 14.5. The molecule has 4 nitrogen and oxygen atoms in total. The maximum absolute atomic E-state index is 11.9. The largest absolute Gasteiger partial charge is 0.493 e. The number of allylic oxidation sites excluding steroid dienone is 1. The van der Waals surface area contributed by atoms with Crippen LogP contribution in [0.2, 0.25) is 0 Å². The summed E-state index contributed by atoms with van der Waals surface area (Å²) in [4.78, 5) is 14.4. The van der Waals surface area contributed by atoms with Gasteiger partial charge in [-0.25, -0.2) is 0 Å². The van der Waals surface area contributed by atoms with Crippen LogP contribution in [0.1, 0.15) is 43.7 Å². The van der Waals surface area contributed by atoms with E-state index in [0.717, 1.165) is 50.5 Å². The maximum Gasteiger partial charge on any atom is 0.161 e. The summed E-state index contributed by atoms with van der Waals surface area (Å²) >= 11 is 0. The van der Waals surface area contributed by atoms with Gasteiger partial charge in [0.1, 0.15) is 0 Å². The number of hydrogen-bond donors (Lipinski definition) is 0. The molecule has 2 bridgehead atoms. The Morgan fingerprint density at radius 2 is 2.21 bits per heavy atom. The second-order valence-corrected chi connectivity index (χ2v) is 7.14. The molecule has 4 rings (SSSR count). The summed E-state index contributed by atoms with van der Waals surface area (Å²) in [5, 5.41) is 0. The van der Waals surface area contributed by atoms with Crippen molar-refractivity contribution in [3.8, 4) is 11.5 Å². The number of ether oxygens (including phenoxy) is 2. The number of nitrogens with zero attached hydrogens (tertiary/aromatic N) is 1. The lowest BCUT2D eigenvalue weighted by Gasteiger charge is -2.44. The summed E-state index contributed by atoms with van der Waals surface area (Å²) in [5.41, 5.74) is 2.61. The van der Waals surface area contributed by atoms with E-state index in [1.54, 1.807) is 13.2 Å². The van der Waals surface area contributed by atoms with Gasteiger partial charge in [-0.15, -0.1) is 0 Å². The number of hydrogen-bond acceptors (Lipinski definition) is 4. The molecular formula is C20H25NO3. The fourth-order valence-electron chi connectivity index (χ4n) is 4.56. The Morgan fingerprint density at radius 3 is 3.00 bits per heavy atom. The number of carbonyl (C=O) groups is 1. The number of methoxy groups -OCH3 is 1. The molecule has 1 aromatic rings. The Balaban J connectivity index is 1.76. The third-order valence-electron chi connectivity index (χ3n) is 5.83. The minimum Gasteiger partial charge on any atom is -0.493 e. The zero-order valence-corrected chi connectivity index (χ0v) is 14.5. The van der Waals surface area contributed by atoms with E-state index in [4.69, 9.17) is 9.47 Å². The summed E-state index contributed by atoms with van der Waals surface area (Å²) in [7, 11) is 1.70. The smallest absolute Gasteiger partial charge is 0.161 e. The highest BCUT2D eigenvalue weighted by Crippen LogP contribution is 2.52. The van der Waals surface area contributed by atoms with E-state index in [0.29, 0.717) is 12.5 Å². The molecule has 1 saturated heterocycles. The molecule has 3 aliphatic rings. The highest BCUT2D eigenvalue weighted by molar-refractivity contribution is 5.92. The van der Waals surface area contributed by atoms with Crippen LogP contribution in [0.4, 0.5) is 0 Å². The molecule has 0 aromatic heterocycles. The number of unbranched alkanes of at least 4 members (excludes halogenated alkanes) is 1. The van der Waals surface area contributed by atoms with Crippen molar-refractivity contribution in [3.63, 3.8) is 0 Å². The molecule has 128 valence electrons. The van der Waals surface area contributed by atoms with Crippen LogP contribution in [0.15, 0.2) is 24.3 Å². The molecule has 0 saturated carbocycles. The number of ketones is 1. The van der Waals surface area contributed by atoms with Crippen molar-refractivity contribution in [2.24, 2.45) is 0 Å². The van der Waals surface area contributed by atoms with Crippen molar-refractivity contribution in [1.82, 2.24) is 4.90 Å². The molecule has 0 amide bonds. The van der Waals surface area contributed by atoms with Gasteiger partial charge in [0.15, 0.2) is 17.3 Å². The molecule has 1 fully saturated rings. The molecule has 1 aliphatic carbocycles. The molecule has 24 heavy (non-hydrogen) atoms. The van der Waals surface area contributed by atoms with Gasteiger partial charge in [-0.1, -0.05) is 19.4 Å². The molecule has 0 radical (unpaired) electrons.